The number of rotatable bonds is 5. The van der Waals surface area contributed by atoms with E-state index in [1.54, 1.807) is 0 Å². The molecule has 0 bridgehead atoms. The number of hydrogen-bond acceptors (Lipinski definition) is 1. The summed E-state index contributed by atoms with van der Waals surface area (Å²) in [6.07, 6.45) is 0. The fraction of sp³-hybridized carbons (Fsp3) is 0. The van der Waals surface area contributed by atoms with Crippen LogP contribution in [0.2, 0.25) is 0 Å². The molecule has 0 N–H and O–H groups in total. The summed E-state index contributed by atoms with van der Waals surface area (Å²) in [7, 11) is 0. The zero-order valence-electron chi connectivity index (χ0n) is 40.1. The molecule has 0 spiro atoms. The van der Waals surface area contributed by atoms with Crippen LogP contribution < -0.4 is 0 Å². The van der Waals surface area contributed by atoms with Crippen LogP contribution in [0.5, 0.6) is 0 Å². The zero-order valence-corrected chi connectivity index (χ0v) is 40.1. The number of benzene rings is 11. The minimum absolute atomic E-state index is 0.358. The maximum absolute atomic E-state index is 12.5. The lowest BCUT2D eigenvalue weighted by atomic mass is 10.0. The molecule has 7 heteroatoms. The Morgan fingerprint density at radius 1 is 0.280 bits per heavy atom. The molecule has 5 heterocycles. The first-order valence-electron chi connectivity index (χ1n) is 25.2. The molecular formula is C68H39N7. The highest BCUT2D eigenvalue weighted by molar-refractivity contribution is 6.21. The van der Waals surface area contributed by atoms with Gasteiger partial charge in [0.2, 0.25) is 5.69 Å². The summed E-state index contributed by atoms with van der Waals surface area (Å²) in [6.45, 7) is 9.74. The average Bonchev–Trinajstić information content (AvgIpc) is 4.26. The Labute approximate surface area is 428 Å². The molecule has 0 saturated heterocycles. The van der Waals surface area contributed by atoms with Gasteiger partial charge in [0.15, 0.2) is 0 Å². The van der Waals surface area contributed by atoms with Crippen LogP contribution in [0.15, 0.2) is 237 Å². The van der Waals surface area contributed by atoms with E-state index >= 15 is 0 Å². The molecule has 7 nitrogen and oxygen atoms in total. The molecule has 0 saturated carbocycles. The first kappa shape index (κ1) is 41.1. The van der Waals surface area contributed by atoms with Gasteiger partial charge in [-0.3, -0.25) is 0 Å². The van der Waals surface area contributed by atoms with E-state index < -0.39 is 0 Å². The molecule has 0 atom stereocenters. The third kappa shape index (κ3) is 5.45. The third-order valence-corrected chi connectivity index (χ3v) is 15.7. The van der Waals surface area contributed by atoms with Crippen molar-refractivity contribution in [3.63, 3.8) is 0 Å². The largest absolute Gasteiger partial charge is 0.318 e. The normalized spacial score (nSPS) is 12.0. The molecule has 0 amide bonds. The van der Waals surface area contributed by atoms with Gasteiger partial charge in [0.25, 0.3) is 0 Å². The van der Waals surface area contributed by atoms with Crippen LogP contribution in [-0.2, 0) is 0 Å². The van der Waals surface area contributed by atoms with Crippen molar-refractivity contribution in [1.82, 2.24) is 22.8 Å². The first-order chi connectivity index (χ1) is 37.2. The Hall–Kier alpha value is -10.6. The van der Waals surface area contributed by atoms with Gasteiger partial charge in [0.05, 0.1) is 90.1 Å². The van der Waals surface area contributed by atoms with E-state index in [4.69, 9.17) is 4.85 Å². The van der Waals surface area contributed by atoms with Gasteiger partial charge in [0.1, 0.15) is 6.07 Å². The standard InChI is InChI=1S/C68H39N7/c1-70-64-65(72-55-32-14-5-23-43(55)44-24-6-15-33-56(44)72)53(41-69)66(73-57-34-16-7-25-45(57)46-26-8-17-35-58(46)73)68(67(64)74-59-36-18-9-27-47(59)48-28-10-19-37-60(48)74)75-61-38-20-12-30-50(61)52-39-62-51(40-63(52)75)49-29-11-13-31-54(49)71(62)42-21-3-2-4-22-42/h2-40H. The summed E-state index contributed by atoms with van der Waals surface area (Å²) in [5.41, 5.74) is 14.1. The van der Waals surface area contributed by atoms with Crippen LogP contribution in [0.4, 0.5) is 5.69 Å². The summed E-state index contributed by atoms with van der Waals surface area (Å²) in [6, 6.07) is 86.2. The van der Waals surface area contributed by atoms with E-state index in [0.717, 1.165) is 120 Å². The van der Waals surface area contributed by atoms with E-state index in [1.165, 1.54) is 0 Å². The highest BCUT2D eigenvalue weighted by Crippen LogP contribution is 2.52. The maximum Gasteiger partial charge on any atom is 0.237 e. The van der Waals surface area contributed by atoms with Gasteiger partial charge in [0, 0.05) is 59.5 Å². The fourth-order valence-corrected chi connectivity index (χ4v) is 12.8. The zero-order chi connectivity index (χ0) is 49.5. The lowest BCUT2D eigenvalue weighted by Gasteiger charge is -2.27. The van der Waals surface area contributed by atoms with Crippen LogP contribution in [-0.4, -0.2) is 22.8 Å². The second kappa shape index (κ2) is 15.5. The van der Waals surface area contributed by atoms with Crippen molar-refractivity contribution in [2.24, 2.45) is 0 Å². The highest BCUT2D eigenvalue weighted by atomic mass is 15.1. The average molecular weight is 954 g/mol. The highest BCUT2D eigenvalue weighted by Gasteiger charge is 2.35. The topological polar surface area (TPSA) is 52.8 Å². The van der Waals surface area contributed by atoms with E-state index in [9.17, 15) is 11.8 Å². The number of nitriles is 1. The Kier molecular flexibility index (Phi) is 8.46. The van der Waals surface area contributed by atoms with Crippen molar-refractivity contribution in [2.45, 2.75) is 0 Å². The summed E-state index contributed by atoms with van der Waals surface area (Å²) in [4.78, 5) is 4.76. The Morgan fingerprint density at radius 2 is 0.560 bits per heavy atom. The molecule has 0 aliphatic heterocycles. The minimum Gasteiger partial charge on any atom is -0.318 e. The molecule has 11 aromatic carbocycles. The van der Waals surface area contributed by atoms with Gasteiger partial charge in [-0.25, -0.2) is 4.85 Å². The van der Waals surface area contributed by atoms with Gasteiger partial charge < -0.3 is 22.8 Å². The molecule has 0 radical (unpaired) electrons. The molecule has 0 fully saturated rings. The minimum atomic E-state index is 0.358. The lowest BCUT2D eigenvalue weighted by molar-refractivity contribution is 1.03. The van der Waals surface area contributed by atoms with Crippen molar-refractivity contribution in [1.29, 1.82) is 5.26 Å². The molecule has 0 unspecified atom stereocenters. The lowest BCUT2D eigenvalue weighted by Crippen LogP contribution is -2.14. The predicted octanol–water partition coefficient (Wildman–Crippen LogP) is 17.6. The van der Waals surface area contributed by atoms with Crippen LogP contribution in [0, 0.1) is 17.9 Å². The van der Waals surface area contributed by atoms with Crippen LogP contribution in [0.1, 0.15) is 5.56 Å². The molecule has 75 heavy (non-hydrogen) atoms. The quantitative estimate of drug-likeness (QED) is 0.159. The Balaban J connectivity index is 1.22. The van der Waals surface area contributed by atoms with Gasteiger partial charge in [-0.2, -0.15) is 5.26 Å². The van der Waals surface area contributed by atoms with Gasteiger partial charge >= 0.3 is 0 Å². The van der Waals surface area contributed by atoms with Gasteiger partial charge in [-0.05, 0) is 72.8 Å². The first-order valence-corrected chi connectivity index (χ1v) is 25.2. The summed E-state index contributed by atoms with van der Waals surface area (Å²) >= 11 is 0. The second-order valence-electron chi connectivity index (χ2n) is 19.4. The smallest absolute Gasteiger partial charge is 0.237 e. The predicted molar refractivity (Wildman–Crippen MR) is 309 cm³/mol. The van der Waals surface area contributed by atoms with Crippen molar-refractivity contribution < 1.29 is 0 Å². The van der Waals surface area contributed by atoms with Crippen LogP contribution >= 0.6 is 0 Å². The number of para-hydroxylation sites is 9. The molecule has 5 aromatic heterocycles. The SMILES string of the molecule is [C-]#[N+]c1c(-n2c3ccccc3c3ccccc32)c(C#N)c(-n2c3ccccc3c3ccccc32)c(-n2c3ccccc3c3cc4c(cc32)c2ccccc2n4-c2ccccc2)c1-n1c2ccccc2c2ccccc21. The third-order valence-electron chi connectivity index (χ3n) is 15.7. The van der Waals surface area contributed by atoms with Crippen molar-refractivity contribution in [3.05, 3.63) is 254 Å². The fourth-order valence-electron chi connectivity index (χ4n) is 12.8. The summed E-state index contributed by atoms with van der Waals surface area (Å²) in [5.74, 6) is 0. The Morgan fingerprint density at radius 3 is 0.920 bits per heavy atom. The summed E-state index contributed by atoms with van der Waals surface area (Å²) in [5, 5.41) is 23.1. The molecule has 16 aromatic rings. The van der Waals surface area contributed by atoms with Crippen molar-refractivity contribution in [3.8, 4) is 34.5 Å². The van der Waals surface area contributed by atoms with Gasteiger partial charge in [-0.15, -0.1) is 0 Å². The monoisotopic (exact) mass is 953 g/mol. The van der Waals surface area contributed by atoms with E-state index in [2.05, 4.69) is 253 Å². The van der Waals surface area contributed by atoms with Crippen LogP contribution in [0.25, 0.3) is 142 Å². The van der Waals surface area contributed by atoms with Crippen molar-refractivity contribution >= 4 is 115 Å². The number of fused-ring (bicyclic) bond motifs is 15. The van der Waals surface area contributed by atoms with E-state index in [1.807, 2.05) is 12.1 Å². The summed E-state index contributed by atoms with van der Waals surface area (Å²) < 4.78 is 11.5. The molecular weight excluding hydrogens is 915 g/mol. The number of aromatic nitrogens is 5. The number of hydrogen-bond donors (Lipinski definition) is 0. The molecule has 0 aliphatic carbocycles. The van der Waals surface area contributed by atoms with Gasteiger partial charge in [-0.1, -0.05) is 164 Å². The Bertz CT molecular complexity index is 4900. The maximum atomic E-state index is 12.5. The van der Waals surface area contributed by atoms with Crippen LogP contribution in [0.3, 0.4) is 0 Å². The van der Waals surface area contributed by atoms with E-state index in [0.29, 0.717) is 28.3 Å². The van der Waals surface area contributed by atoms with Crippen molar-refractivity contribution in [2.75, 3.05) is 0 Å². The second-order valence-corrected chi connectivity index (χ2v) is 19.4. The number of nitrogens with zero attached hydrogens (tertiary/aromatic N) is 7. The molecule has 0 aliphatic rings. The molecule has 16 rings (SSSR count). The molecule has 346 valence electrons. The van der Waals surface area contributed by atoms with E-state index in [-0.39, 0.29) is 0 Å².